The Morgan fingerprint density at radius 3 is 2.60 bits per heavy atom. The van der Waals surface area contributed by atoms with E-state index in [1.807, 2.05) is 19.9 Å². The van der Waals surface area contributed by atoms with Crippen LogP contribution >= 0.6 is 11.3 Å². The van der Waals surface area contributed by atoms with Gasteiger partial charge in [-0.1, -0.05) is 0 Å². The molecule has 86 valence electrons. The molecule has 0 saturated carbocycles. The van der Waals surface area contributed by atoms with Gasteiger partial charge in [0, 0.05) is 22.8 Å². The van der Waals surface area contributed by atoms with Gasteiger partial charge in [0.15, 0.2) is 0 Å². The van der Waals surface area contributed by atoms with Crippen LogP contribution in [0.3, 0.4) is 0 Å². The van der Waals surface area contributed by atoms with Crippen LogP contribution in [0.2, 0.25) is 0 Å². The Morgan fingerprint density at radius 1 is 1.47 bits per heavy atom. The van der Waals surface area contributed by atoms with Crippen molar-refractivity contribution in [1.29, 1.82) is 0 Å². The predicted molar refractivity (Wildman–Crippen MR) is 57.5 cm³/mol. The number of alkyl halides is 2. The molecule has 0 amide bonds. The van der Waals surface area contributed by atoms with Gasteiger partial charge in [-0.05, 0) is 25.5 Å². The molecule has 0 aliphatic rings. The molecule has 0 fully saturated rings. The molecule has 0 saturated heterocycles. The van der Waals surface area contributed by atoms with E-state index in [-0.39, 0.29) is 6.54 Å². The zero-order valence-corrected chi connectivity index (χ0v) is 9.57. The molecule has 0 radical (unpaired) electrons. The summed E-state index contributed by atoms with van der Waals surface area (Å²) in [5, 5.41) is 11.7. The number of nitrogens with one attached hydrogen (secondary N) is 1. The second-order valence-electron chi connectivity index (χ2n) is 3.47. The summed E-state index contributed by atoms with van der Waals surface area (Å²) in [7, 11) is 0. The summed E-state index contributed by atoms with van der Waals surface area (Å²) in [6.07, 6.45) is -4.26. The Bertz CT molecular complexity index is 314. The van der Waals surface area contributed by atoms with E-state index in [1.165, 1.54) is 9.75 Å². The number of rotatable bonds is 5. The van der Waals surface area contributed by atoms with E-state index in [0.29, 0.717) is 6.54 Å². The van der Waals surface area contributed by atoms with Crippen LogP contribution in [0.15, 0.2) is 6.07 Å². The summed E-state index contributed by atoms with van der Waals surface area (Å²) in [6.45, 7) is 4.46. The zero-order valence-electron chi connectivity index (χ0n) is 8.76. The third-order valence-electron chi connectivity index (χ3n) is 2.10. The van der Waals surface area contributed by atoms with Crippen molar-refractivity contribution >= 4 is 11.3 Å². The van der Waals surface area contributed by atoms with Gasteiger partial charge in [0.05, 0.1) is 0 Å². The van der Waals surface area contributed by atoms with Crippen LogP contribution in [-0.2, 0) is 6.54 Å². The molecule has 0 aliphatic carbocycles. The minimum atomic E-state index is -2.68. The van der Waals surface area contributed by atoms with Gasteiger partial charge in [-0.15, -0.1) is 11.3 Å². The number of hydrogen-bond acceptors (Lipinski definition) is 3. The van der Waals surface area contributed by atoms with Crippen LogP contribution in [-0.4, -0.2) is 24.2 Å². The van der Waals surface area contributed by atoms with Crippen LogP contribution in [0.25, 0.3) is 0 Å². The highest BCUT2D eigenvalue weighted by molar-refractivity contribution is 7.12. The first-order valence-electron chi connectivity index (χ1n) is 4.73. The molecule has 1 atom stereocenters. The molecular formula is C10H15F2NOS. The van der Waals surface area contributed by atoms with Gasteiger partial charge in [-0.2, -0.15) is 0 Å². The largest absolute Gasteiger partial charge is 0.386 e. The molecule has 2 nitrogen and oxygen atoms in total. The van der Waals surface area contributed by atoms with Gasteiger partial charge < -0.3 is 10.4 Å². The highest BCUT2D eigenvalue weighted by atomic mass is 32.1. The monoisotopic (exact) mass is 235 g/mol. The van der Waals surface area contributed by atoms with Gasteiger partial charge in [0.2, 0.25) is 0 Å². The first-order chi connectivity index (χ1) is 7.00. The number of aliphatic hydroxyl groups is 1. The quantitative estimate of drug-likeness (QED) is 0.819. The smallest absolute Gasteiger partial charge is 0.265 e. The van der Waals surface area contributed by atoms with Crippen molar-refractivity contribution in [3.63, 3.8) is 0 Å². The molecular weight excluding hydrogens is 220 g/mol. The van der Waals surface area contributed by atoms with E-state index < -0.39 is 12.5 Å². The molecule has 0 aromatic carbocycles. The van der Waals surface area contributed by atoms with Gasteiger partial charge in [0.25, 0.3) is 6.43 Å². The zero-order chi connectivity index (χ0) is 11.4. The number of aliphatic hydroxyl groups excluding tert-OH is 1. The van der Waals surface area contributed by atoms with E-state index in [9.17, 15) is 8.78 Å². The Balaban J connectivity index is 2.35. The fourth-order valence-electron chi connectivity index (χ4n) is 1.30. The van der Waals surface area contributed by atoms with Crippen LogP contribution in [0.1, 0.15) is 15.3 Å². The van der Waals surface area contributed by atoms with Crippen LogP contribution in [0.4, 0.5) is 8.78 Å². The highest BCUT2D eigenvalue weighted by Gasteiger charge is 2.15. The normalized spacial score (nSPS) is 13.5. The molecule has 15 heavy (non-hydrogen) atoms. The maximum Gasteiger partial charge on any atom is 0.265 e. The fraction of sp³-hybridized carbons (Fsp3) is 0.600. The third kappa shape index (κ3) is 3.85. The average Bonchev–Trinajstić information content (AvgIpc) is 2.45. The van der Waals surface area contributed by atoms with Crippen molar-refractivity contribution in [3.05, 3.63) is 21.4 Å². The minimum absolute atomic E-state index is 0.0774. The van der Waals surface area contributed by atoms with Crippen molar-refractivity contribution < 1.29 is 13.9 Å². The lowest BCUT2D eigenvalue weighted by molar-refractivity contribution is -0.00340. The fourth-order valence-corrected chi connectivity index (χ4v) is 2.25. The molecule has 0 spiro atoms. The first kappa shape index (κ1) is 12.5. The summed E-state index contributed by atoms with van der Waals surface area (Å²) >= 11 is 1.68. The number of hydrogen-bond donors (Lipinski definition) is 2. The topological polar surface area (TPSA) is 32.3 Å². The molecule has 0 bridgehead atoms. The predicted octanol–water partition coefficient (Wildman–Crippen LogP) is 2.08. The highest BCUT2D eigenvalue weighted by Crippen LogP contribution is 2.20. The van der Waals surface area contributed by atoms with Crippen LogP contribution in [0, 0.1) is 13.8 Å². The molecule has 1 aromatic heterocycles. The number of halogens is 2. The van der Waals surface area contributed by atoms with Crippen molar-refractivity contribution in [2.24, 2.45) is 0 Å². The lowest BCUT2D eigenvalue weighted by Crippen LogP contribution is -2.31. The molecule has 1 rings (SSSR count). The van der Waals surface area contributed by atoms with Gasteiger partial charge in [0.1, 0.15) is 6.10 Å². The van der Waals surface area contributed by atoms with Crippen molar-refractivity contribution in [2.75, 3.05) is 6.54 Å². The summed E-state index contributed by atoms with van der Waals surface area (Å²) < 4.78 is 23.9. The van der Waals surface area contributed by atoms with E-state index in [1.54, 1.807) is 11.3 Å². The molecule has 5 heteroatoms. The summed E-state index contributed by atoms with van der Waals surface area (Å²) in [4.78, 5) is 2.39. The van der Waals surface area contributed by atoms with Gasteiger partial charge in [-0.3, -0.25) is 0 Å². The maximum atomic E-state index is 11.9. The Labute approximate surface area is 91.9 Å². The summed E-state index contributed by atoms with van der Waals surface area (Å²) in [5.41, 5.74) is 1.11. The van der Waals surface area contributed by atoms with Gasteiger partial charge >= 0.3 is 0 Å². The molecule has 0 aliphatic heterocycles. The second-order valence-corrected chi connectivity index (χ2v) is 4.93. The maximum absolute atomic E-state index is 11.9. The van der Waals surface area contributed by atoms with Crippen molar-refractivity contribution in [1.82, 2.24) is 5.32 Å². The second kappa shape index (κ2) is 5.53. The standard InChI is InChI=1S/C10H15F2NOS/c1-6-3-8(7(2)15-6)4-13-5-9(14)10(11)12/h3,9-10,13-14H,4-5H2,1-2H3. The summed E-state index contributed by atoms with van der Waals surface area (Å²) in [5.74, 6) is 0. The molecule has 1 unspecified atom stereocenters. The number of aryl methyl sites for hydroxylation is 2. The minimum Gasteiger partial charge on any atom is -0.386 e. The van der Waals surface area contributed by atoms with E-state index in [2.05, 4.69) is 5.32 Å². The molecule has 1 heterocycles. The lowest BCUT2D eigenvalue weighted by Gasteiger charge is -2.10. The first-order valence-corrected chi connectivity index (χ1v) is 5.55. The van der Waals surface area contributed by atoms with Crippen molar-refractivity contribution in [3.8, 4) is 0 Å². The average molecular weight is 235 g/mol. The van der Waals surface area contributed by atoms with Crippen LogP contribution < -0.4 is 5.32 Å². The third-order valence-corrected chi connectivity index (χ3v) is 3.11. The van der Waals surface area contributed by atoms with E-state index in [0.717, 1.165) is 5.56 Å². The Morgan fingerprint density at radius 2 is 2.13 bits per heavy atom. The Kier molecular flexibility index (Phi) is 4.63. The van der Waals surface area contributed by atoms with Crippen LogP contribution in [0.5, 0.6) is 0 Å². The summed E-state index contributed by atoms with van der Waals surface area (Å²) in [6, 6.07) is 2.03. The van der Waals surface area contributed by atoms with Crippen molar-refractivity contribution in [2.45, 2.75) is 32.9 Å². The van der Waals surface area contributed by atoms with E-state index >= 15 is 0 Å². The molecule has 1 aromatic rings. The number of thiophene rings is 1. The molecule has 2 N–H and O–H groups in total. The van der Waals surface area contributed by atoms with Gasteiger partial charge in [-0.25, -0.2) is 8.78 Å². The Hall–Kier alpha value is -0.520. The van der Waals surface area contributed by atoms with E-state index in [4.69, 9.17) is 5.11 Å². The lowest BCUT2D eigenvalue weighted by atomic mass is 10.2. The SMILES string of the molecule is Cc1cc(CNCC(O)C(F)F)c(C)s1.